The molecule has 2 aromatic carbocycles. The average Bonchev–Trinajstić information content (AvgIpc) is 2.37. The molecule has 2 rings (SSSR count). The van der Waals surface area contributed by atoms with Gasteiger partial charge in [0.2, 0.25) is 0 Å². The highest BCUT2D eigenvalue weighted by atomic mass is 35.5. The van der Waals surface area contributed by atoms with Gasteiger partial charge in [-0.15, -0.1) is 0 Å². The van der Waals surface area contributed by atoms with Gasteiger partial charge < -0.3 is 5.11 Å². The maximum atomic E-state index is 12.2. The molecule has 0 fully saturated rings. The van der Waals surface area contributed by atoms with Crippen LogP contribution in [0, 0.1) is 0 Å². The zero-order valence-corrected chi connectivity index (χ0v) is 12.7. The summed E-state index contributed by atoms with van der Waals surface area (Å²) in [5, 5.41) is 9.09. The summed E-state index contributed by atoms with van der Waals surface area (Å²) in [6.45, 7) is 0. The van der Waals surface area contributed by atoms with Crippen LogP contribution < -0.4 is 4.72 Å². The number of benzene rings is 2. The summed E-state index contributed by atoms with van der Waals surface area (Å²) in [5.41, 5.74) is 0.0485. The molecule has 110 valence electrons. The number of anilines is 1. The maximum Gasteiger partial charge on any atom is 0.337 e. The smallest absolute Gasteiger partial charge is 0.337 e. The summed E-state index contributed by atoms with van der Waals surface area (Å²) in [6.07, 6.45) is 0. The Labute approximate surface area is 131 Å². The quantitative estimate of drug-likeness (QED) is 0.888. The summed E-state index contributed by atoms with van der Waals surface area (Å²) in [4.78, 5) is 10.8. The molecule has 0 saturated heterocycles. The summed E-state index contributed by atoms with van der Waals surface area (Å²) < 4.78 is 26.6. The van der Waals surface area contributed by atoms with Crippen LogP contribution in [0.4, 0.5) is 5.69 Å². The molecule has 8 heteroatoms. The first-order valence-corrected chi connectivity index (χ1v) is 7.85. The zero-order chi connectivity index (χ0) is 15.6. The molecule has 0 bridgehead atoms. The molecule has 0 amide bonds. The van der Waals surface area contributed by atoms with Gasteiger partial charge in [0, 0.05) is 5.02 Å². The monoisotopic (exact) mass is 345 g/mol. The van der Waals surface area contributed by atoms with Crippen LogP contribution in [-0.2, 0) is 10.0 Å². The normalized spacial score (nSPS) is 11.1. The van der Waals surface area contributed by atoms with Crippen molar-refractivity contribution >= 4 is 44.9 Å². The Morgan fingerprint density at radius 1 is 1.10 bits per heavy atom. The number of hydrogen-bond acceptors (Lipinski definition) is 3. The Hall–Kier alpha value is -1.76. The highest BCUT2D eigenvalue weighted by Crippen LogP contribution is 2.24. The molecule has 0 aromatic heterocycles. The van der Waals surface area contributed by atoms with E-state index in [1.807, 2.05) is 0 Å². The highest BCUT2D eigenvalue weighted by Gasteiger charge is 2.16. The second-order valence-electron chi connectivity index (χ2n) is 4.06. The lowest BCUT2D eigenvalue weighted by Crippen LogP contribution is -2.13. The van der Waals surface area contributed by atoms with Crippen LogP contribution in [0.2, 0.25) is 10.0 Å². The van der Waals surface area contributed by atoms with Crippen molar-refractivity contribution in [3.05, 3.63) is 58.1 Å². The number of carboxylic acid groups (broad SMARTS) is 1. The third-order valence-electron chi connectivity index (χ3n) is 2.56. The molecule has 0 aliphatic rings. The fourth-order valence-corrected chi connectivity index (χ4v) is 3.21. The molecule has 0 heterocycles. The first kappa shape index (κ1) is 15.6. The minimum atomic E-state index is -3.83. The van der Waals surface area contributed by atoms with Crippen LogP contribution >= 0.6 is 23.2 Å². The average molecular weight is 346 g/mol. The first-order valence-electron chi connectivity index (χ1n) is 5.61. The predicted molar refractivity (Wildman–Crippen MR) is 80.7 cm³/mol. The van der Waals surface area contributed by atoms with E-state index in [0.29, 0.717) is 0 Å². The van der Waals surface area contributed by atoms with Crippen molar-refractivity contribution in [1.82, 2.24) is 0 Å². The van der Waals surface area contributed by atoms with Crippen LogP contribution in [0.3, 0.4) is 0 Å². The van der Waals surface area contributed by atoms with Crippen LogP contribution in [-0.4, -0.2) is 19.5 Å². The standard InChI is InChI=1S/C13H9Cl2NO4S/c14-8-2-1-3-10(6-8)21(19,20)16-9-4-5-11(13(17)18)12(15)7-9/h1-7,16H,(H,17,18). The van der Waals surface area contributed by atoms with Gasteiger partial charge in [0.1, 0.15) is 0 Å². The number of aromatic carboxylic acids is 1. The van der Waals surface area contributed by atoms with E-state index in [1.54, 1.807) is 6.07 Å². The van der Waals surface area contributed by atoms with Gasteiger partial charge in [-0.25, -0.2) is 13.2 Å². The van der Waals surface area contributed by atoms with Crippen LogP contribution in [0.25, 0.3) is 0 Å². The summed E-state index contributed by atoms with van der Waals surface area (Å²) in [5.74, 6) is -1.19. The van der Waals surface area contributed by atoms with Crippen molar-refractivity contribution in [3.8, 4) is 0 Å². The molecule has 0 atom stereocenters. The summed E-state index contributed by atoms with van der Waals surface area (Å²) in [7, 11) is -3.83. The van der Waals surface area contributed by atoms with Crippen LogP contribution in [0.15, 0.2) is 47.4 Å². The number of carboxylic acids is 1. The highest BCUT2D eigenvalue weighted by molar-refractivity contribution is 7.92. The number of sulfonamides is 1. The second-order valence-corrected chi connectivity index (χ2v) is 6.59. The molecular formula is C13H9Cl2NO4S. The van der Waals surface area contributed by atoms with E-state index >= 15 is 0 Å². The molecule has 0 aliphatic carbocycles. The van der Waals surface area contributed by atoms with Gasteiger partial charge >= 0.3 is 5.97 Å². The van der Waals surface area contributed by atoms with Crippen molar-refractivity contribution in [1.29, 1.82) is 0 Å². The molecule has 0 spiro atoms. The van der Waals surface area contributed by atoms with E-state index in [-0.39, 0.29) is 26.2 Å². The van der Waals surface area contributed by atoms with Crippen molar-refractivity contribution in [3.63, 3.8) is 0 Å². The van der Waals surface area contributed by atoms with Crippen LogP contribution in [0.5, 0.6) is 0 Å². The van der Waals surface area contributed by atoms with Gasteiger partial charge in [-0.1, -0.05) is 29.3 Å². The lowest BCUT2D eigenvalue weighted by Gasteiger charge is -2.09. The van der Waals surface area contributed by atoms with Crippen molar-refractivity contribution in [2.75, 3.05) is 4.72 Å². The molecular weight excluding hydrogens is 337 g/mol. The largest absolute Gasteiger partial charge is 0.478 e. The number of rotatable bonds is 4. The number of carbonyl (C=O) groups is 1. The van der Waals surface area contributed by atoms with Gasteiger partial charge in [0.05, 0.1) is 21.2 Å². The Balaban J connectivity index is 2.33. The number of halogens is 2. The summed E-state index contributed by atoms with van der Waals surface area (Å²) >= 11 is 11.5. The minimum Gasteiger partial charge on any atom is -0.478 e. The maximum absolute atomic E-state index is 12.2. The van der Waals surface area contributed by atoms with Gasteiger partial charge in [-0.2, -0.15) is 0 Å². The van der Waals surface area contributed by atoms with Crippen molar-refractivity contribution < 1.29 is 18.3 Å². The molecule has 5 nitrogen and oxygen atoms in total. The van der Waals surface area contributed by atoms with Gasteiger partial charge in [-0.05, 0) is 36.4 Å². The zero-order valence-electron chi connectivity index (χ0n) is 10.4. The van der Waals surface area contributed by atoms with E-state index < -0.39 is 16.0 Å². The number of hydrogen-bond donors (Lipinski definition) is 2. The second kappa shape index (κ2) is 5.93. The van der Waals surface area contributed by atoms with Gasteiger partial charge in [-0.3, -0.25) is 4.72 Å². The van der Waals surface area contributed by atoms with Crippen molar-refractivity contribution in [2.45, 2.75) is 4.90 Å². The van der Waals surface area contributed by atoms with Crippen molar-refractivity contribution in [2.24, 2.45) is 0 Å². The Kier molecular flexibility index (Phi) is 4.41. The number of nitrogens with one attached hydrogen (secondary N) is 1. The third-order valence-corrected chi connectivity index (χ3v) is 4.48. The lowest BCUT2D eigenvalue weighted by molar-refractivity contribution is 0.0697. The van der Waals surface area contributed by atoms with E-state index in [1.165, 1.54) is 36.4 Å². The van der Waals surface area contributed by atoms with E-state index in [0.717, 1.165) is 0 Å². The van der Waals surface area contributed by atoms with Gasteiger partial charge in [0.25, 0.3) is 10.0 Å². The predicted octanol–water partition coefficient (Wildman–Crippen LogP) is 3.49. The topological polar surface area (TPSA) is 83.5 Å². The van der Waals surface area contributed by atoms with Crippen LogP contribution in [0.1, 0.15) is 10.4 Å². The van der Waals surface area contributed by atoms with E-state index in [9.17, 15) is 13.2 Å². The Morgan fingerprint density at radius 2 is 1.81 bits per heavy atom. The Bertz CT molecular complexity index is 806. The first-order chi connectivity index (χ1) is 9.79. The third kappa shape index (κ3) is 3.66. The lowest BCUT2D eigenvalue weighted by atomic mass is 10.2. The molecule has 2 N–H and O–H groups in total. The molecule has 0 unspecified atom stereocenters. The molecule has 2 aromatic rings. The SMILES string of the molecule is O=C(O)c1ccc(NS(=O)(=O)c2cccc(Cl)c2)cc1Cl. The molecule has 21 heavy (non-hydrogen) atoms. The van der Waals surface area contributed by atoms with E-state index in [4.69, 9.17) is 28.3 Å². The molecule has 0 aliphatic heterocycles. The Morgan fingerprint density at radius 3 is 2.38 bits per heavy atom. The molecule has 0 radical (unpaired) electrons. The fraction of sp³-hybridized carbons (Fsp3) is 0. The van der Waals surface area contributed by atoms with E-state index in [2.05, 4.69) is 4.72 Å². The summed E-state index contributed by atoms with van der Waals surface area (Å²) in [6, 6.07) is 9.53. The molecule has 0 saturated carbocycles. The minimum absolute atomic E-state index is 0.00608. The fourth-order valence-electron chi connectivity index (χ4n) is 1.60. The van der Waals surface area contributed by atoms with Gasteiger partial charge in [0.15, 0.2) is 0 Å².